The van der Waals surface area contributed by atoms with Crippen molar-refractivity contribution >= 4 is 56.5 Å². The molecule has 0 unspecified atom stereocenters. The van der Waals surface area contributed by atoms with Gasteiger partial charge in [-0.15, -0.1) is 11.3 Å². The van der Waals surface area contributed by atoms with Gasteiger partial charge in [-0.25, -0.2) is 4.98 Å². The zero-order valence-corrected chi connectivity index (χ0v) is 20.1. The summed E-state index contributed by atoms with van der Waals surface area (Å²) in [7, 11) is 0. The molecule has 0 saturated heterocycles. The number of aromatic nitrogens is 2. The highest BCUT2D eigenvalue weighted by Crippen LogP contribution is 2.34. The predicted molar refractivity (Wildman–Crippen MR) is 132 cm³/mol. The minimum absolute atomic E-state index is 0.0727. The van der Waals surface area contributed by atoms with Gasteiger partial charge in [-0.3, -0.25) is 14.2 Å². The molecule has 0 atom stereocenters. The second-order valence-electron chi connectivity index (χ2n) is 7.38. The number of anilines is 1. The first-order valence-corrected chi connectivity index (χ1v) is 12.2. The Morgan fingerprint density at radius 3 is 2.73 bits per heavy atom. The number of nitrogens with one attached hydrogen (secondary N) is 1. The second kappa shape index (κ2) is 8.74. The third-order valence-electron chi connectivity index (χ3n) is 5.25. The molecule has 10 heteroatoms. The zero-order valence-electron chi connectivity index (χ0n) is 17.7. The number of rotatable bonds is 5. The van der Waals surface area contributed by atoms with Gasteiger partial charge in [-0.1, -0.05) is 23.4 Å². The van der Waals surface area contributed by atoms with Gasteiger partial charge in [-0.05, 0) is 55.8 Å². The van der Waals surface area contributed by atoms with Crippen LogP contribution < -0.4 is 20.3 Å². The van der Waals surface area contributed by atoms with Crippen LogP contribution in [0, 0.1) is 13.8 Å². The Labute approximate surface area is 202 Å². The van der Waals surface area contributed by atoms with E-state index in [9.17, 15) is 9.59 Å². The third-order valence-corrected chi connectivity index (χ3v) is 7.54. The number of benzene rings is 2. The molecule has 33 heavy (non-hydrogen) atoms. The van der Waals surface area contributed by atoms with Gasteiger partial charge in [0, 0.05) is 21.7 Å². The van der Waals surface area contributed by atoms with Gasteiger partial charge in [0.2, 0.25) is 12.7 Å². The Morgan fingerprint density at radius 1 is 1.18 bits per heavy atom. The van der Waals surface area contributed by atoms with E-state index < -0.39 is 0 Å². The van der Waals surface area contributed by atoms with E-state index in [2.05, 4.69) is 5.32 Å². The number of carbonyl (C=O) groups excluding carboxylic acids is 1. The van der Waals surface area contributed by atoms with Crippen molar-refractivity contribution in [1.82, 2.24) is 9.55 Å². The highest BCUT2D eigenvalue weighted by atomic mass is 35.5. The molecular weight excluding hydrogens is 482 g/mol. The molecule has 0 aliphatic carbocycles. The average molecular weight is 500 g/mol. The summed E-state index contributed by atoms with van der Waals surface area (Å²) in [6.45, 7) is 4.06. The largest absolute Gasteiger partial charge is 0.454 e. The number of thioether (sulfide) groups is 1. The Kier molecular flexibility index (Phi) is 5.77. The Balaban J connectivity index is 1.45. The van der Waals surface area contributed by atoms with Crippen LogP contribution in [0.3, 0.4) is 0 Å². The number of fused-ring (bicyclic) bond motifs is 2. The van der Waals surface area contributed by atoms with Gasteiger partial charge in [0.15, 0.2) is 16.7 Å². The van der Waals surface area contributed by atoms with Crippen LogP contribution in [-0.2, 0) is 4.79 Å². The lowest BCUT2D eigenvalue weighted by molar-refractivity contribution is -0.113. The first kappa shape index (κ1) is 21.8. The summed E-state index contributed by atoms with van der Waals surface area (Å²) < 4.78 is 12.2. The molecule has 0 spiro atoms. The summed E-state index contributed by atoms with van der Waals surface area (Å²) in [5.41, 5.74) is 2.00. The van der Waals surface area contributed by atoms with E-state index in [0.29, 0.717) is 43.3 Å². The van der Waals surface area contributed by atoms with Gasteiger partial charge < -0.3 is 14.8 Å². The molecule has 0 bridgehead atoms. The summed E-state index contributed by atoms with van der Waals surface area (Å²) in [4.78, 5) is 32.6. The van der Waals surface area contributed by atoms with Gasteiger partial charge in [0.1, 0.15) is 4.83 Å². The molecule has 1 amide bonds. The number of halogens is 1. The fourth-order valence-electron chi connectivity index (χ4n) is 3.49. The molecule has 5 rings (SSSR count). The van der Waals surface area contributed by atoms with Crippen molar-refractivity contribution in [3.8, 4) is 17.2 Å². The smallest absolute Gasteiger partial charge is 0.267 e. The van der Waals surface area contributed by atoms with Crippen LogP contribution >= 0.6 is 34.7 Å². The molecule has 1 N–H and O–H groups in total. The minimum atomic E-state index is -0.227. The van der Waals surface area contributed by atoms with Crippen LogP contribution in [0.2, 0.25) is 5.02 Å². The number of aryl methyl sites for hydroxylation is 2. The predicted octanol–water partition coefficient (Wildman–Crippen LogP) is 5.18. The Hall–Kier alpha value is -3.01. The van der Waals surface area contributed by atoms with Gasteiger partial charge >= 0.3 is 0 Å². The number of amides is 1. The van der Waals surface area contributed by atoms with E-state index in [0.717, 1.165) is 10.4 Å². The molecule has 1 aliphatic heterocycles. The summed E-state index contributed by atoms with van der Waals surface area (Å²) >= 11 is 8.72. The SMILES string of the molecule is Cc1sc2nc(SCC(=O)Nc3ccc4c(c3)OCO4)n(-c3ccc(Cl)cc3)c(=O)c2c1C. The molecule has 1 aliphatic rings. The quantitative estimate of drug-likeness (QED) is 0.301. The molecule has 0 saturated carbocycles. The number of carbonyl (C=O) groups is 1. The molecule has 7 nitrogen and oxygen atoms in total. The first-order chi connectivity index (χ1) is 15.9. The summed E-state index contributed by atoms with van der Waals surface area (Å²) in [5.74, 6) is 1.08. The van der Waals surface area contributed by atoms with Crippen molar-refractivity contribution in [2.45, 2.75) is 19.0 Å². The molecule has 4 aromatic rings. The normalized spacial score (nSPS) is 12.3. The molecule has 2 aromatic carbocycles. The maximum absolute atomic E-state index is 13.5. The van der Waals surface area contributed by atoms with Crippen molar-refractivity contribution in [2.24, 2.45) is 0 Å². The molecule has 168 valence electrons. The lowest BCUT2D eigenvalue weighted by Gasteiger charge is -2.12. The van der Waals surface area contributed by atoms with Crippen LogP contribution in [-0.4, -0.2) is 28.0 Å². The van der Waals surface area contributed by atoms with E-state index in [1.807, 2.05) is 13.8 Å². The standard InChI is InChI=1S/C23H18ClN3O4S2/c1-12-13(2)33-21-20(12)22(29)27(16-6-3-14(24)4-7-16)23(26-21)32-10-19(28)25-15-5-8-17-18(9-15)31-11-30-17/h3-9H,10-11H2,1-2H3,(H,25,28). The average Bonchev–Trinajstić information content (AvgIpc) is 3.37. The van der Waals surface area contributed by atoms with Gasteiger partial charge in [-0.2, -0.15) is 0 Å². The fraction of sp³-hybridized carbons (Fsp3) is 0.174. The van der Waals surface area contributed by atoms with E-state index in [4.69, 9.17) is 26.1 Å². The van der Waals surface area contributed by atoms with E-state index in [1.54, 1.807) is 42.5 Å². The first-order valence-electron chi connectivity index (χ1n) is 10.0. The Bertz CT molecular complexity index is 1450. The maximum Gasteiger partial charge on any atom is 0.267 e. The zero-order chi connectivity index (χ0) is 23.1. The van der Waals surface area contributed by atoms with Crippen LogP contribution in [0.1, 0.15) is 10.4 Å². The number of hydrogen-bond donors (Lipinski definition) is 1. The number of hydrogen-bond acceptors (Lipinski definition) is 7. The van der Waals surface area contributed by atoms with Crippen molar-refractivity contribution in [3.05, 3.63) is 68.3 Å². The van der Waals surface area contributed by atoms with Crippen molar-refractivity contribution in [2.75, 3.05) is 17.9 Å². The van der Waals surface area contributed by atoms with Crippen molar-refractivity contribution in [1.29, 1.82) is 0 Å². The highest BCUT2D eigenvalue weighted by Gasteiger charge is 2.19. The van der Waals surface area contributed by atoms with Gasteiger partial charge in [0.25, 0.3) is 5.56 Å². The van der Waals surface area contributed by atoms with E-state index in [1.165, 1.54) is 27.7 Å². The highest BCUT2D eigenvalue weighted by molar-refractivity contribution is 7.99. The van der Waals surface area contributed by atoms with Crippen LogP contribution in [0.5, 0.6) is 11.5 Å². The van der Waals surface area contributed by atoms with Crippen molar-refractivity contribution in [3.63, 3.8) is 0 Å². The van der Waals surface area contributed by atoms with Crippen LogP contribution in [0.25, 0.3) is 15.9 Å². The van der Waals surface area contributed by atoms with E-state index in [-0.39, 0.29) is 24.0 Å². The topological polar surface area (TPSA) is 82.4 Å². The summed E-state index contributed by atoms with van der Waals surface area (Å²) in [6.07, 6.45) is 0. The summed E-state index contributed by atoms with van der Waals surface area (Å²) in [6, 6.07) is 12.2. The van der Waals surface area contributed by atoms with Crippen molar-refractivity contribution < 1.29 is 14.3 Å². The van der Waals surface area contributed by atoms with E-state index >= 15 is 0 Å². The number of thiophene rings is 1. The second-order valence-corrected chi connectivity index (χ2v) is 9.96. The maximum atomic E-state index is 13.5. The van der Waals surface area contributed by atoms with Gasteiger partial charge in [0.05, 0.1) is 16.8 Å². The molecule has 0 fully saturated rings. The lowest BCUT2D eigenvalue weighted by atomic mass is 10.2. The number of ether oxygens (including phenoxy) is 2. The Morgan fingerprint density at radius 2 is 1.94 bits per heavy atom. The molecule has 0 radical (unpaired) electrons. The fourth-order valence-corrected chi connectivity index (χ4v) is 5.50. The number of nitrogens with zero attached hydrogens (tertiary/aromatic N) is 2. The van der Waals surface area contributed by atoms with Crippen LogP contribution in [0.4, 0.5) is 5.69 Å². The third kappa shape index (κ3) is 4.19. The molecule has 2 aromatic heterocycles. The summed E-state index contributed by atoms with van der Waals surface area (Å²) in [5, 5.41) is 4.46. The molecular formula is C23H18ClN3O4S2. The van der Waals surface area contributed by atoms with Crippen LogP contribution in [0.15, 0.2) is 52.4 Å². The minimum Gasteiger partial charge on any atom is -0.454 e. The monoisotopic (exact) mass is 499 g/mol. The molecule has 3 heterocycles. The lowest BCUT2D eigenvalue weighted by Crippen LogP contribution is -2.22.